The minimum atomic E-state index is -0.223. The molecule has 2 N–H and O–H groups in total. The largest absolute Gasteiger partial charge is 0.351 e. The summed E-state index contributed by atoms with van der Waals surface area (Å²) in [6.07, 6.45) is 2.71. The first-order valence-corrected chi connectivity index (χ1v) is 8.45. The van der Waals surface area contributed by atoms with Crippen LogP contribution in [0.3, 0.4) is 0 Å². The molecule has 1 aromatic carbocycles. The Hall–Kier alpha value is -0.580. The third kappa shape index (κ3) is 5.90. The Morgan fingerprint density at radius 2 is 2.00 bits per heavy atom. The Labute approximate surface area is 148 Å². The monoisotopic (exact) mass is 388 g/mol. The van der Waals surface area contributed by atoms with Crippen molar-refractivity contribution < 1.29 is 4.79 Å². The van der Waals surface area contributed by atoms with E-state index >= 15 is 0 Å². The molecule has 2 rings (SSSR count). The SMILES string of the molecule is C[C@H]1C[C@@H](C(=O)NC(C)(C)Cc2ccc(Br)cc2)CCN1.Cl. The van der Waals surface area contributed by atoms with Gasteiger partial charge >= 0.3 is 0 Å². The zero-order chi connectivity index (χ0) is 15.5. The van der Waals surface area contributed by atoms with Gasteiger partial charge in [-0.1, -0.05) is 28.1 Å². The minimum absolute atomic E-state index is 0. The highest BCUT2D eigenvalue weighted by atomic mass is 79.9. The van der Waals surface area contributed by atoms with E-state index in [2.05, 4.69) is 59.5 Å². The molecule has 3 nitrogen and oxygen atoms in total. The summed E-state index contributed by atoms with van der Waals surface area (Å²) in [6.45, 7) is 7.27. The second-order valence-electron chi connectivity index (χ2n) is 6.75. The number of benzene rings is 1. The second-order valence-corrected chi connectivity index (χ2v) is 7.67. The fourth-order valence-corrected chi connectivity index (χ4v) is 3.23. The Bertz CT molecular complexity index is 490. The van der Waals surface area contributed by atoms with Crippen molar-refractivity contribution in [2.24, 2.45) is 5.92 Å². The smallest absolute Gasteiger partial charge is 0.223 e. The number of rotatable bonds is 4. The highest BCUT2D eigenvalue weighted by Crippen LogP contribution is 2.20. The van der Waals surface area contributed by atoms with Crippen LogP contribution in [-0.4, -0.2) is 24.0 Å². The summed E-state index contributed by atoms with van der Waals surface area (Å²) < 4.78 is 1.08. The van der Waals surface area contributed by atoms with Crippen LogP contribution in [0.15, 0.2) is 28.7 Å². The van der Waals surface area contributed by atoms with E-state index in [1.54, 1.807) is 0 Å². The lowest BCUT2D eigenvalue weighted by atomic mass is 9.89. The summed E-state index contributed by atoms with van der Waals surface area (Å²) in [7, 11) is 0. The lowest BCUT2D eigenvalue weighted by molar-refractivity contribution is -0.127. The van der Waals surface area contributed by atoms with Gasteiger partial charge in [0.2, 0.25) is 5.91 Å². The van der Waals surface area contributed by atoms with Crippen molar-refractivity contribution in [2.75, 3.05) is 6.54 Å². The normalized spacial score (nSPS) is 21.8. The van der Waals surface area contributed by atoms with Gasteiger partial charge in [0.15, 0.2) is 0 Å². The molecule has 0 radical (unpaired) electrons. The maximum atomic E-state index is 12.5. The Morgan fingerprint density at radius 3 is 2.59 bits per heavy atom. The average molecular weight is 390 g/mol. The molecule has 5 heteroatoms. The van der Waals surface area contributed by atoms with Crippen LogP contribution in [-0.2, 0) is 11.2 Å². The molecule has 1 aliphatic rings. The number of piperidine rings is 1. The third-order valence-electron chi connectivity index (χ3n) is 4.02. The van der Waals surface area contributed by atoms with E-state index in [1.165, 1.54) is 5.56 Å². The quantitative estimate of drug-likeness (QED) is 0.824. The highest BCUT2D eigenvalue weighted by molar-refractivity contribution is 9.10. The second kappa shape index (κ2) is 8.32. The van der Waals surface area contributed by atoms with E-state index in [1.807, 2.05) is 12.1 Å². The molecular formula is C17H26BrClN2O. The molecule has 1 aliphatic heterocycles. The van der Waals surface area contributed by atoms with Crippen molar-refractivity contribution in [3.8, 4) is 0 Å². The standard InChI is InChI=1S/C17H25BrN2O.ClH/c1-12-10-14(8-9-19-12)16(21)20-17(2,3)11-13-4-6-15(18)7-5-13;/h4-7,12,14,19H,8-11H2,1-3H3,(H,20,21);1H/t12-,14-;/m0./s1. The molecule has 1 fully saturated rings. The zero-order valence-electron chi connectivity index (χ0n) is 13.5. The highest BCUT2D eigenvalue weighted by Gasteiger charge is 2.29. The van der Waals surface area contributed by atoms with Crippen LogP contribution in [0.2, 0.25) is 0 Å². The Morgan fingerprint density at radius 1 is 1.36 bits per heavy atom. The van der Waals surface area contributed by atoms with Crippen molar-refractivity contribution in [3.63, 3.8) is 0 Å². The number of nitrogens with one attached hydrogen (secondary N) is 2. The van der Waals surface area contributed by atoms with E-state index in [4.69, 9.17) is 0 Å². The molecule has 0 bridgehead atoms. The van der Waals surface area contributed by atoms with Gasteiger partial charge in [0.1, 0.15) is 0 Å². The maximum Gasteiger partial charge on any atom is 0.223 e. The average Bonchev–Trinajstić information content (AvgIpc) is 2.40. The molecule has 0 unspecified atom stereocenters. The van der Waals surface area contributed by atoms with Gasteiger partial charge in [-0.05, 0) is 64.3 Å². The zero-order valence-corrected chi connectivity index (χ0v) is 15.9. The van der Waals surface area contributed by atoms with E-state index in [0.717, 1.165) is 30.3 Å². The Balaban J connectivity index is 0.00000242. The first-order valence-electron chi connectivity index (χ1n) is 7.65. The lowest BCUT2D eigenvalue weighted by Crippen LogP contribution is -2.50. The van der Waals surface area contributed by atoms with Crippen molar-refractivity contribution in [3.05, 3.63) is 34.3 Å². The van der Waals surface area contributed by atoms with Crippen molar-refractivity contribution in [1.82, 2.24) is 10.6 Å². The summed E-state index contributed by atoms with van der Waals surface area (Å²) >= 11 is 3.45. The van der Waals surface area contributed by atoms with Crippen LogP contribution in [0, 0.1) is 5.92 Å². The van der Waals surface area contributed by atoms with Gasteiger partial charge in [0, 0.05) is 22.0 Å². The van der Waals surface area contributed by atoms with Crippen LogP contribution in [0.4, 0.5) is 0 Å². The van der Waals surface area contributed by atoms with Gasteiger partial charge in [-0.15, -0.1) is 12.4 Å². The van der Waals surface area contributed by atoms with E-state index < -0.39 is 0 Å². The minimum Gasteiger partial charge on any atom is -0.351 e. The summed E-state index contributed by atoms with van der Waals surface area (Å²) in [6, 6.07) is 8.72. The topological polar surface area (TPSA) is 41.1 Å². The summed E-state index contributed by atoms with van der Waals surface area (Å²) in [5.74, 6) is 0.343. The van der Waals surface area contributed by atoms with Crippen LogP contribution in [0.1, 0.15) is 39.2 Å². The number of halogens is 2. The van der Waals surface area contributed by atoms with Gasteiger partial charge in [-0.2, -0.15) is 0 Å². The first kappa shape index (κ1) is 19.5. The molecule has 22 heavy (non-hydrogen) atoms. The van der Waals surface area contributed by atoms with Crippen molar-refractivity contribution >= 4 is 34.2 Å². The molecule has 0 aromatic heterocycles. The predicted octanol–water partition coefficient (Wildman–Crippen LogP) is 3.70. The fraction of sp³-hybridized carbons (Fsp3) is 0.588. The lowest BCUT2D eigenvalue weighted by Gasteiger charge is -2.32. The van der Waals surface area contributed by atoms with Crippen LogP contribution >= 0.6 is 28.3 Å². The fourth-order valence-electron chi connectivity index (χ4n) is 2.96. The molecule has 0 spiro atoms. The van der Waals surface area contributed by atoms with Gasteiger partial charge < -0.3 is 10.6 Å². The summed E-state index contributed by atoms with van der Waals surface area (Å²) in [5, 5.41) is 6.62. The Kier molecular flexibility index (Phi) is 7.36. The molecule has 1 amide bonds. The van der Waals surface area contributed by atoms with E-state index in [0.29, 0.717) is 6.04 Å². The summed E-state index contributed by atoms with van der Waals surface area (Å²) in [5.41, 5.74) is 1.01. The molecular weight excluding hydrogens is 364 g/mol. The number of amides is 1. The van der Waals surface area contributed by atoms with Gasteiger partial charge in [0.25, 0.3) is 0 Å². The number of carbonyl (C=O) groups is 1. The molecule has 124 valence electrons. The predicted molar refractivity (Wildman–Crippen MR) is 97.5 cm³/mol. The summed E-state index contributed by atoms with van der Waals surface area (Å²) in [4.78, 5) is 12.5. The van der Waals surface area contributed by atoms with Crippen molar-refractivity contribution in [1.29, 1.82) is 0 Å². The number of hydrogen-bond donors (Lipinski definition) is 2. The van der Waals surface area contributed by atoms with Crippen molar-refractivity contribution in [2.45, 2.75) is 51.6 Å². The van der Waals surface area contributed by atoms with Gasteiger partial charge in [-0.3, -0.25) is 4.79 Å². The van der Waals surface area contributed by atoms with E-state index in [-0.39, 0.29) is 29.8 Å². The van der Waals surface area contributed by atoms with Gasteiger partial charge in [-0.25, -0.2) is 0 Å². The molecule has 2 atom stereocenters. The molecule has 1 heterocycles. The van der Waals surface area contributed by atoms with Gasteiger partial charge in [0.05, 0.1) is 0 Å². The van der Waals surface area contributed by atoms with Crippen LogP contribution in [0.5, 0.6) is 0 Å². The molecule has 0 aliphatic carbocycles. The third-order valence-corrected chi connectivity index (χ3v) is 4.54. The molecule has 0 saturated carbocycles. The van der Waals surface area contributed by atoms with Crippen LogP contribution < -0.4 is 10.6 Å². The first-order chi connectivity index (χ1) is 9.85. The maximum absolute atomic E-state index is 12.5. The molecule has 1 saturated heterocycles. The molecule has 1 aromatic rings. The van der Waals surface area contributed by atoms with E-state index in [9.17, 15) is 4.79 Å². The number of carbonyl (C=O) groups excluding carboxylic acids is 1. The van der Waals surface area contributed by atoms with Crippen LogP contribution in [0.25, 0.3) is 0 Å². The number of hydrogen-bond acceptors (Lipinski definition) is 2.